The van der Waals surface area contributed by atoms with Crippen LogP contribution in [0.4, 0.5) is 5.69 Å². The Labute approximate surface area is 146 Å². The number of carbonyl (C=O) groups excluding carboxylic acids is 1. The standard InChI is InChI=1S/C20H20N2OS/c1-13-16-8-4-5-9-18(16)24-19-11-10-14(12-17(19)21-13)20(23)22-15-6-2-3-7-15/h4-5,8-12,15H,2-3,6-7H2,1H3,(H,22,23). The average molecular weight is 336 g/mol. The molecule has 0 spiro atoms. The van der Waals surface area contributed by atoms with Gasteiger partial charge in [-0.1, -0.05) is 42.8 Å². The molecule has 1 aliphatic carbocycles. The lowest BCUT2D eigenvalue weighted by Gasteiger charge is -2.12. The maximum atomic E-state index is 12.5. The van der Waals surface area contributed by atoms with Gasteiger partial charge in [-0.3, -0.25) is 9.79 Å². The molecule has 1 N–H and O–H groups in total. The molecule has 0 atom stereocenters. The second-order valence-electron chi connectivity index (χ2n) is 6.43. The summed E-state index contributed by atoms with van der Waals surface area (Å²) in [4.78, 5) is 19.6. The highest BCUT2D eigenvalue weighted by Gasteiger charge is 2.20. The molecular weight excluding hydrogens is 316 g/mol. The Balaban J connectivity index is 1.64. The number of rotatable bonds is 2. The van der Waals surface area contributed by atoms with Crippen molar-refractivity contribution in [3.05, 3.63) is 53.6 Å². The monoisotopic (exact) mass is 336 g/mol. The van der Waals surface area contributed by atoms with Crippen molar-refractivity contribution in [2.75, 3.05) is 0 Å². The molecule has 0 saturated heterocycles. The first-order chi connectivity index (χ1) is 11.7. The first kappa shape index (κ1) is 15.5. The van der Waals surface area contributed by atoms with E-state index in [9.17, 15) is 4.79 Å². The van der Waals surface area contributed by atoms with E-state index in [1.165, 1.54) is 17.7 Å². The lowest BCUT2D eigenvalue weighted by Crippen LogP contribution is -2.32. The zero-order valence-corrected chi connectivity index (χ0v) is 14.5. The van der Waals surface area contributed by atoms with E-state index in [-0.39, 0.29) is 5.91 Å². The van der Waals surface area contributed by atoms with Crippen LogP contribution in [0, 0.1) is 0 Å². The number of fused-ring (bicyclic) bond motifs is 2. The SMILES string of the molecule is CC1=Nc2cc(C(=O)NC3CCCC3)ccc2Sc2ccccc21. The Morgan fingerprint density at radius 3 is 2.75 bits per heavy atom. The molecule has 0 aromatic heterocycles. The molecule has 1 aliphatic heterocycles. The average Bonchev–Trinajstić information content (AvgIpc) is 3.04. The minimum absolute atomic E-state index is 0.0179. The number of carbonyl (C=O) groups is 1. The third kappa shape index (κ3) is 2.98. The van der Waals surface area contributed by atoms with Crippen LogP contribution in [0.3, 0.4) is 0 Å². The summed E-state index contributed by atoms with van der Waals surface area (Å²) in [5, 5.41) is 3.15. The van der Waals surface area contributed by atoms with Gasteiger partial charge in [-0.05, 0) is 44.0 Å². The van der Waals surface area contributed by atoms with Crippen molar-refractivity contribution in [2.24, 2.45) is 4.99 Å². The van der Waals surface area contributed by atoms with Gasteiger partial charge in [-0.25, -0.2) is 0 Å². The Morgan fingerprint density at radius 1 is 1.12 bits per heavy atom. The van der Waals surface area contributed by atoms with Gasteiger partial charge in [0.1, 0.15) is 0 Å². The first-order valence-electron chi connectivity index (χ1n) is 8.48. The van der Waals surface area contributed by atoms with Gasteiger partial charge in [0.15, 0.2) is 0 Å². The summed E-state index contributed by atoms with van der Waals surface area (Å²) in [7, 11) is 0. The first-order valence-corrected chi connectivity index (χ1v) is 9.30. The minimum Gasteiger partial charge on any atom is -0.349 e. The van der Waals surface area contributed by atoms with Crippen LogP contribution in [0.25, 0.3) is 0 Å². The number of amides is 1. The van der Waals surface area contributed by atoms with Crippen molar-refractivity contribution in [3.63, 3.8) is 0 Å². The van der Waals surface area contributed by atoms with Crippen molar-refractivity contribution < 1.29 is 4.79 Å². The topological polar surface area (TPSA) is 41.5 Å². The summed E-state index contributed by atoms with van der Waals surface area (Å²) in [6, 6.07) is 14.5. The molecule has 1 fully saturated rings. The molecule has 4 heteroatoms. The van der Waals surface area contributed by atoms with Crippen molar-refractivity contribution in [3.8, 4) is 0 Å². The number of benzene rings is 2. The van der Waals surface area contributed by atoms with Gasteiger partial charge >= 0.3 is 0 Å². The molecule has 3 nitrogen and oxygen atoms in total. The van der Waals surface area contributed by atoms with Crippen LogP contribution in [0.15, 0.2) is 57.2 Å². The molecule has 0 bridgehead atoms. The third-order valence-corrected chi connectivity index (χ3v) is 5.84. The summed E-state index contributed by atoms with van der Waals surface area (Å²) < 4.78 is 0. The Bertz CT molecular complexity index is 822. The second-order valence-corrected chi connectivity index (χ2v) is 7.52. The summed E-state index contributed by atoms with van der Waals surface area (Å²) in [5.74, 6) is 0.0179. The third-order valence-electron chi connectivity index (χ3n) is 4.70. The Kier molecular flexibility index (Phi) is 4.15. The van der Waals surface area contributed by atoms with E-state index in [1.807, 2.05) is 37.3 Å². The molecule has 0 unspecified atom stereocenters. The van der Waals surface area contributed by atoms with E-state index >= 15 is 0 Å². The molecule has 1 heterocycles. The number of aliphatic imine (C=N–C) groups is 1. The van der Waals surface area contributed by atoms with Crippen LogP contribution in [0.1, 0.15) is 48.5 Å². The van der Waals surface area contributed by atoms with Crippen LogP contribution in [-0.4, -0.2) is 17.7 Å². The van der Waals surface area contributed by atoms with Crippen LogP contribution in [-0.2, 0) is 0 Å². The van der Waals surface area contributed by atoms with Crippen LogP contribution >= 0.6 is 11.8 Å². The van der Waals surface area contributed by atoms with E-state index in [1.54, 1.807) is 11.8 Å². The molecule has 24 heavy (non-hydrogen) atoms. The van der Waals surface area contributed by atoms with Gasteiger partial charge < -0.3 is 5.32 Å². The summed E-state index contributed by atoms with van der Waals surface area (Å²) >= 11 is 1.71. The molecule has 122 valence electrons. The van der Waals surface area contributed by atoms with E-state index in [2.05, 4.69) is 17.4 Å². The lowest BCUT2D eigenvalue weighted by atomic mass is 10.1. The predicted octanol–water partition coefficient (Wildman–Crippen LogP) is 4.96. The van der Waals surface area contributed by atoms with Gasteiger partial charge in [0.2, 0.25) is 0 Å². The fourth-order valence-electron chi connectivity index (χ4n) is 3.39. The highest BCUT2D eigenvalue weighted by Crippen LogP contribution is 2.40. The molecule has 2 aromatic rings. The van der Waals surface area contributed by atoms with E-state index in [0.29, 0.717) is 11.6 Å². The van der Waals surface area contributed by atoms with Crippen LogP contribution < -0.4 is 5.32 Å². The van der Waals surface area contributed by atoms with Gasteiger partial charge in [-0.2, -0.15) is 0 Å². The summed E-state index contributed by atoms with van der Waals surface area (Å²) in [5.41, 5.74) is 3.73. The summed E-state index contributed by atoms with van der Waals surface area (Å²) in [6.07, 6.45) is 4.62. The normalized spacial score (nSPS) is 16.8. The largest absolute Gasteiger partial charge is 0.349 e. The number of nitrogens with zero attached hydrogens (tertiary/aromatic N) is 1. The maximum Gasteiger partial charge on any atom is 0.251 e. The molecule has 1 amide bonds. The highest BCUT2D eigenvalue weighted by molar-refractivity contribution is 7.99. The molecule has 0 radical (unpaired) electrons. The smallest absolute Gasteiger partial charge is 0.251 e. The molecule has 4 rings (SSSR count). The highest BCUT2D eigenvalue weighted by atomic mass is 32.2. The van der Waals surface area contributed by atoms with Gasteiger partial charge in [0.05, 0.1) is 5.69 Å². The van der Waals surface area contributed by atoms with E-state index < -0.39 is 0 Å². The quantitative estimate of drug-likeness (QED) is 0.842. The maximum absolute atomic E-state index is 12.5. The van der Waals surface area contributed by atoms with Gasteiger partial charge in [0, 0.05) is 32.7 Å². The van der Waals surface area contributed by atoms with Gasteiger partial charge in [-0.15, -0.1) is 0 Å². The van der Waals surface area contributed by atoms with E-state index in [0.717, 1.165) is 34.7 Å². The van der Waals surface area contributed by atoms with Crippen molar-refractivity contribution in [2.45, 2.75) is 48.4 Å². The molecule has 1 saturated carbocycles. The molecular formula is C20H20N2OS. The number of nitrogens with one attached hydrogen (secondary N) is 1. The van der Waals surface area contributed by atoms with E-state index in [4.69, 9.17) is 4.99 Å². The molecule has 2 aliphatic rings. The summed E-state index contributed by atoms with van der Waals surface area (Å²) in [6.45, 7) is 2.03. The van der Waals surface area contributed by atoms with Crippen LogP contribution in [0.2, 0.25) is 0 Å². The van der Waals surface area contributed by atoms with Crippen LogP contribution in [0.5, 0.6) is 0 Å². The zero-order chi connectivity index (χ0) is 16.5. The minimum atomic E-state index is 0.0179. The predicted molar refractivity (Wildman–Crippen MR) is 98.6 cm³/mol. The molecule has 2 aromatic carbocycles. The fraction of sp³-hybridized carbons (Fsp3) is 0.300. The number of hydrogen-bond donors (Lipinski definition) is 1. The second kappa shape index (κ2) is 6.44. The zero-order valence-electron chi connectivity index (χ0n) is 13.7. The van der Waals surface area contributed by atoms with Gasteiger partial charge in [0.25, 0.3) is 5.91 Å². The Morgan fingerprint density at radius 2 is 1.92 bits per heavy atom. The van der Waals surface area contributed by atoms with Crippen molar-refractivity contribution >= 4 is 29.1 Å². The fourth-order valence-corrected chi connectivity index (χ4v) is 4.44. The lowest BCUT2D eigenvalue weighted by molar-refractivity contribution is 0.0938. The number of hydrogen-bond acceptors (Lipinski definition) is 3. The van der Waals surface area contributed by atoms with Crippen molar-refractivity contribution in [1.29, 1.82) is 0 Å². The van der Waals surface area contributed by atoms with Crippen molar-refractivity contribution in [1.82, 2.24) is 5.32 Å². The Hall–Kier alpha value is -2.07.